The standard InChI is InChI=1S/C27H29NO4S/c1-19-16-21-8-5-6-11-25(21)28(19)33(30,31)24-10-7-9-22(17-24)26(29)32-18-20-12-14-23(15-13-20)27(2,3)4/h5-15,17,19H,16,18H2,1-4H3/t19-/m1/s1. The van der Waals surface area contributed by atoms with E-state index in [4.69, 9.17) is 4.74 Å². The smallest absolute Gasteiger partial charge is 0.338 e. The number of esters is 1. The molecule has 0 spiro atoms. The average Bonchev–Trinajstić information content (AvgIpc) is 3.13. The molecule has 3 aromatic carbocycles. The van der Waals surface area contributed by atoms with Crippen LogP contribution in [0.4, 0.5) is 5.69 Å². The van der Waals surface area contributed by atoms with Crippen LogP contribution in [0.5, 0.6) is 0 Å². The van der Waals surface area contributed by atoms with Crippen molar-refractivity contribution in [2.75, 3.05) is 4.31 Å². The minimum Gasteiger partial charge on any atom is -0.457 e. The topological polar surface area (TPSA) is 63.7 Å². The maximum absolute atomic E-state index is 13.4. The molecule has 4 rings (SSSR count). The van der Waals surface area contributed by atoms with E-state index in [1.807, 2.05) is 55.5 Å². The van der Waals surface area contributed by atoms with E-state index in [0.717, 1.165) is 11.1 Å². The summed E-state index contributed by atoms with van der Waals surface area (Å²) in [4.78, 5) is 12.8. The summed E-state index contributed by atoms with van der Waals surface area (Å²) < 4.78 is 33.8. The SMILES string of the molecule is C[C@@H]1Cc2ccccc2N1S(=O)(=O)c1cccc(C(=O)OCc2ccc(C(C)(C)C)cc2)c1. The lowest BCUT2D eigenvalue weighted by molar-refractivity contribution is 0.0472. The van der Waals surface area contributed by atoms with Crippen LogP contribution >= 0.6 is 0 Å². The van der Waals surface area contributed by atoms with Gasteiger partial charge in [0.05, 0.1) is 16.1 Å². The van der Waals surface area contributed by atoms with Gasteiger partial charge in [0.15, 0.2) is 0 Å². The number of rotatable bonds is 5. The van der Waals surface area contributed by atoms with Crippen LogP contribution < -0.4 is 4.31 Å². The highest BCUT2D eigenvalue weighted by Gasteiger charge is 2.36. The van der Waals surface area contributed by atoms with Crippen molar-refractivity contribution in [3.63, 3.8) is 0 Å². The number of nitrogens with zero attached hydrogens (tertiary/aromatic N) is 1. The summed E-state index contributed by atoms with van der Waals surface area (Å²) in [5.41, 5.74) is 4.03. The average molecular weight is 464 g/mol. The molecular formula is C27H29NO4S. The van der Waals surface area contributed by atoms with E-state index in [0.29, 0.717) is 12.1 Å². The Morgan fingerprint density at radius 1 is 1.00 bits per heavy atom. The second-order valence-corrected chi connectivity index (χ2v) is 11.3. The van der Waals surface area contributed by atoms with Gasteiger partial charge >= 0.3 is 5.97 Å². The molecule has 0 saturated heterocycles. The van der Waals surface area contributed by atoms with E-state index in [2.05, 4.69) is 20.8 Å². The van der Waals surface area contributed by atoms with Crippen LogP contribution in [0.2, 0.25) is 0 Å². The highest BCUT2D eigenvalue weighted by atomic mass is 32.2. The largest absolute Gasteiger partial charge is 0.457 e. The first-order chi connectivity index (χ1) is 15.6. The molecule has 1 aliphatic heterocycles. The first-order valence-corrected chi connectivity index (χ1v) is 12.5. The lowest BCUT2D eigenvalue weighted by Gasteiger charge is -2.24. The Morgan fingerprint density at radius 3 is 2.39 bits per heavy atom. The van der Waals surface area contributed by atoms with Crippen molar-refractivity contribution in [1.29, 1.82) is 0 Å². The monoisotopic (exact) mass is 463 g/mol. The van der Waals surface area contributed by atoms with E-state index in [1.54, 1.807) is 12.1 Å². The first kappa shape index (κ1) is 23.1. The number of fused-ring (bicyclic) bond motifs is 1. The number of sulfonamides is 1. The molecule has 0 bridgehead atoms. The van der Waals surface area contributed by atoms with E-state index in [9.17, 15) is 13.2 Å². The van der Waals surface area contributed by atoms with Gasteiger partial charge in [-0.3, -0.25) is 4.31 Å². The molecular weight excluding hydrogens is 434 g/mol. The number of ether oxygens (including phenoxy) is 1. The zero-order chi connectivity index (χ0) is 23.8. The number of hydrogen-bond acceptors (Lipinski definition) is 4. The number of anilines is 1. The van der Waals surface area contributed by atoms with Gasteiger partial charge in [-0.1, -0.05) is 69.3 Å². The molecule has 1 aliphatic rings. The van der Waals surface area contributed by atoms with Crippen molar-refractivity contribution < 1.29 is 17.9 Å². The van der Waals surface area contributed by atoms with Gasteiger partial charge in [0.25, 0.3) is 10.0 Å². The van der Waals surface area contributed by atoms with Crippen LogP contribution in [-0.4, -0.2) is 20.4 Å². The number of carbonyl (C=O) groups excluding carboxylic acids is 1. The zero-order valence-electron chi connectivity index (χ0n) is 19.4. The van der Waals surface area contributed by atoms with Crippen LogP contribution in [-0.2, 0) is 33.2 Å². The molecule has 0 radical (unpaired) electrons. The van der Waals surface area contributed by atoms with Gasteiger partial charge in [0.1, 0.15) is 6.61 Å². The molecule has 0 aromatic heterocycles. The van der Waals surface area contributed by atoms with Crippen molar-refractivity contribution >= 4 is 21.7 Å². The van der Waals surface area contributed by atoms with E-state index < -0.39 is 16.0 Å². The van der Waals surface area contributed by atoms with Crippen LogP contribution in [0.25, 0.3) is 0 Å². The molecule has 0 fully saturated rings. The summed E-state index contributed by atoms with van der Waals surface area (Å²) in [6, 6.07) is 21.3. The molecule has 1 atom stereocenters. The minimum absolute atomic E-state index is 0.0501. The lowest BCUT2D eigenvalue weighted by atomic mass is 9.87. The highest BCUT2D eigenvalue weighted by molar-refractivity contribution is 7.92. The van der Waals surface area contributed by atoms with Crippen molar-refractivity contribution in [2.24, 2.45) is 0 Å². The number of benzene rings is 3. The number of para-hydroxylation sites is 1. The minimum atomic E-state index is -3.82. The molecule has 6 heteroatoms. The van der Waals surface area contributed by atoms with Gasteiger partial charge in [-0.25, -0.2) is 13.2 Å². The molecule has 3 aromatic rings. The van der Waals surface area contributed by atoms with Crippen LogP contribution in [0.3, 0.4) is 0 Å². The summed E-state index contributed by atoms with van der Waals surface area (Å²) in [7, 11) is -3.82. The van der Waals surface area contributed by atoms with Crippen LogP contribution in [0.15, 0.2) is 77.7 Å². The molecule has 1 heterocycles. The second kappa shape index (κ2) is 8.67. The number of hydrogen-bond donors (Lipinski definition) is 0. The third-order valence-corrected chi connectivity index (χ3v) is 7.89. The molecule has 172 valence electrons. The van der Waals surface area contributed by atoms with Crippen molar-refractivity contribution in [3.8, 4) is 0 Å². The maximum atomic E-state index is 13.4. The molecule has 0 aliphatic carbocycles. The van der Waals surface area contributed by atoms with Gasteiger partial charge in [0.2, 0.25) is 0 Å². The first-order valence-electron chi connectivity index (χ1n) is 11.1. The molecule has 0 saturated carbocycles. The van der Waals surface area contributed by atoms with Crippen molar-refractivity contribution in [3.05, 3.63) is 95.1 Å². The van der Waals surface area contributed by atoms with Crippen LogP contribution in [0, 0.1) is 0 Å². The van der Waals surface area contributed by atoms with Gasteiger partial charge < -0.3 is 4.74 Å². The predicted molar refractivity (Wildman–Crippen MR) is 130 cm³/mol. The molecule has 33 heavy (non-hydrogen) atoms. The summed E-state index contributed by atoms with van der Waals surface area (Å²) in [5.74, 6) is -0.554. The molecule has 0 N–H and O–H groups in total. The third kappa shape index (κ3) is 4.67. The fourth-order valence-electron chi connectivity index (χ4n) is 4.13. The van der Waals surface area contributed by atoms with E-state index in [-0.39, 0.29) is 28.5 Å². The fraction of sp³-hybridized carbons (Fsp3) is 0.296. The van der Waals surface area contributed by atoms with Crippen LogP contribution in [0.1, 0.15) is 54.7 Å². The molecule has 0 unspecified atom stereocenters. The van der Waals surface area contributed by atoms with E-state index >= 15 is 0 Å². The maximum Gasteiger partial charge on any atom is 0.338 e. The predicted octanol–water partition coefficient (Wildman–Crippen LogP) is 5.48. The van der Waals surface area contributed by atoms with Gasteiger partial charge in [-0.05, 0) is 59.7 Å². The molecule has 5 nitrogen and oxygen atoms in total. The second-order valence-electron chi connectivity index (χ2n) is 9.53. The Morgan fingerprint density at radius 2 is 1.70 bits per heavy atom. The highest BCUT2D eigenvalue weighted by Crippen LogP contribution is 2.36. The Hall–Kier alpha value is -3.12. The summed E-state index contributed by atoms with van der Waals surface area (Å²) in [6.45, 7) is 8.44. The zero-order valence-corrected chi connectivity index (χ0v) is 20.2. The third-order valence-electron chi connectivity index (χ3n) is 5.96. The van der Waals surface area contributed by atoms with E-state index in [1.165, 1.54) is 22.0 Å². The van der Waals surface area contributed by atoms with Crippen molar-refractivity contribution in [2.45, 2.75) is 57.1 Å². The summed E-state index contributed by atoms with van der Waals surface area (Å²) in [6.07, 6.45) is 0.658. The Balaban J connectivity index is 1.51. The Labute approximate surface area is 196 Å². The van der Waals surface area contributed by atoms with Crippen molar-refractivity contribution in [1.82, 2.24) is 0 Å². The summed E-state index contributed by atoms with van der Waals surface area (Å²) in [5, 5.41) is 0. The number of carbonyl (C=O) groups is 1. The Bertz CT molecular complexity index is 1270. The van der Waals surface area contributed by atoms with Gasteiger partial charge in [-0.15, -0.1) is 0 Å². The quantitative estimate of drug-likeness (QED) is 0.470. The fourth-order valence-corrected chi connectivity index (χ4v) is 5.87. The lowest BCUT2D eigenvalue weighted by Crippen LogP contribution is -2.35. The molecule has 0 amide bonds. The van der Waals surface area contributed by atoms with Gasteiger partial charge in [0, 0.05) is 6.04 Å². The summed E-state index contributed by atoms with van der Waals surface area (Å²) >= 11 is 0. The van der Waals surface area contributed by atoms with Gasteiger partial charge in [-0.2, -0.15) is 0 Å². The normalized spacial score (nSPS) is 15.9. The Kier molecular flexibility index (Phi) is 6.06.